The number of nitrogens with zero attached hydrogens (tertiary/aromatic N) is 2. The van der Waals surface area contributed by atoms with Gasteiger partial charge in [-0.1, -0.05) is 36.4 Å². The van der Waals surface area contributed by atoms with Crippen molar-refractivity contribution in [2.24, 2.45) is 0 Å². The summed E-state index contributed by atoms with van der Waals surface area (Å²) in [5.74, 6) is 0. The van der Waals surface area contributed by atoms with Crippen LogP contribution >= 0.6 is 0 Å². The molecule has 3 rings (SSSR count). The zero-order chi connectivity index (χ0) is 15.5. The molecular weight excluding hydrogens is 268 g/mol. The number of benzene rings is 2. The number of anilines is 1. The van der Waals surface area contributed by atoms with Gasteiger partial charge in [-0.25, -0.2) is 0 Å². The number of aryl methyl sites for hydroxylation is 1. The summed E-state index contributed by atoms with van der Waals surface area (Å²) in [6, 6.07) is 16.8. The van der Waals surface area contributed by atoms with Gasteiger partial charge in [-0.05, 0) is 47.9 Å². The third-order valence-electron chi connectivity index (χ3n) is 3.90. The first kappa shape index (κ1) is 14.3. The fourth-order valence-electron chi connectivity index (χ4n) is 2.57. The van der Waals surface area contributed by atoms with Crippen LogP contribution in [0.3, 0.4) is 0 Å². The molecule has 2 nitrogen and oxygen atoms in total. The molecule has 0 saturated carbocycles. The molecule has 0 aliphatic rings. The van der Waals surface area contributed by atoms with Crippen LogP contribution in [0.4, 0.5) is 5.69 Å². The van der Waals surface area contributed by atoms with Crippen LogP contribution in [0.1, 0.15) is 16.7 Å². The number of pyridine rings is 1. The first-order valence-electron chi connectivity index (χ1n) is 7.45. The second kappa shape index (κ2) is 6.02. The van der Waals surface area contributed by atoms with Crippen LogP contribution < -0.4 is 4.90 Å². The molecule has 0 radical (unpaired) electrons. The van der Waals surface area contributed by atoms with E-state index in [1.54, 1.807) is 0 Å². The van der Waals surface area contributed by atoms with Crippen molar-refractivity contribution in [3.63, 3.8) is 0 Å². The molecule has 0 bridgehead atoms. The largest absolute Gasteiger partial charge is 0.378 e. The van der Waals surface area contributed by atoms with Gasteiger partial charge in [0.1, 0.15) is 0 Å². The number of hydrogen-bond acceptors (Lipinski definition) is 2. The molecule has 3 aromatic rings. The lowest BCUT2D eigenvalue weighted by molar-refractivity contribution is 1.13. The lowest BCUT2D eigenvalue weighted by atomic mass is 10.0. The van der Waals surface area contributed by atoms with Gasteiger partial charge in [-0.15, -0.1) is 0 Å². The molecule has 0 N–H and O–H groups in total. The highest BCUT2D eigenvalue weighted by atomic mass is 15.1. The van der Waals surface area contributed by atoms with Crippen LogP contribution in [0.2, 0.25) is 0 Å². The molecule has 1 aromatic heterocycles. The Morgan fingerprint density at radius 1 is 0.909 bits per heavy atom. The first-order valence-corrected chi connectivity index (χ1v) is 7.45. The Labute approximate surface area is 131 Å². The van der Waals surface area contributed by atoms with Crippen molar-refractivity contribution in [2.75, 3.05) is 19.0 Å². The van der Waals surface area contributed by atoms with E-state index in [1.165, 1.54) is 27.8 Å². The lowest BCUT2D eigenvalue weighted by Gasteiger charge is -2.14. The zero-order valence-corrected chi connectivity index (χ0v) is 13.2. The van der Waals surface area contributed by atoms with E-state index in [9.17, 15) is 0 Å². The second-order valence-corrected chi connectivity index (χ2v) is 5.69. The molecule has 0 unspecified atom stereocenters. The Bertz CT molecular complexity index is 827. The van der Waals surface area contributed by atoms with Crippen molar-refractivity contribution in [2.45, 2.75) is 6.92 Å². The zero-order valence-electron chi connectivity index (χ0n) is 13.2. The minimum Gasteiger partial charge on any atom is -0.378 e. The Kier molecular flexibility index (Phi) is 3.92. The van der Waals surface area contributed by atoms with E-state index in [0.29, 0.717) is 0 Å². The maximum absolute atomic E-state index is 4.41. The van der Waals surface area contributed by atoms with Gasteiger partial charge in [0.05, 0.1) is 5.52 Å². The Balaban J connectivity index is 1.96. The van der Waals surface area contributed by atoms with Crippen LogP contribution in [0.15, 0.2) is 54.7 Å². The summed E-state index contributed by atoms with van der Waals surface area (Å²) in [6.07, 6.45) is 6.21. The molecule has 1 heterocycles. The van der Waals surface area contributed by atoms with Crippen molar-refractivity contribution < 1.29 is 0 Å². The molecule has 0 atom stereocenters. The highest BCUT2D eigenvalue weighted by Gasteiger charge is 2.01. The minimum absolute atomic E-state index is 1.03. The topological polar surface area (TPSA) is 16.1 Å². The lowest BCUT2D eigenvalue weighted by Crippen LogP contribution is -2.08. The van der Waals surface area contributed by atoms with Crippen LogP contribution in [0, 0.1) is 6.92 Å². The fraction of sp³-hybridized carbons (Fsp3) is 0.150. The highest BCUT2D eigenvalue weighted by molar-refractivity contribution is 5.90. The number of rotatable bonds is 3. The summed E-state index contributed by atoms with van der Waals surface area (Å²) < 4.78 is 0. The van der Waals surface area contributed by atoms with Gasteiger partial charge in [0.15, 0.2) is 0 Å². The van der Waals surface area contributed by atoms with Crippen LogP contribution in [0.5, 0.6) is 0 Å². The molecular formula is C20H20N2. The molecule has 0 aliphatic carbocycles. The summed E-state index contributed by atoms with van der Waals surface area (Å²) in [5, 5.41) is 1.18. The van der Waals surface area contributed by atoms with E-state index in [0.717, 1.165) is 5.52 Å². The summed E-state index contributed by atoms with van der Waals surface area (Å²) in [6.45, 7) is 2.15. The van der Waals surface area contributed by atoms with E-state index < -0.39 is 0 Å². The third-order valence-corrected chi connectivity index (χ3v) is 3.90. The number of hydrogen-bond donors (Lipinski definition) is 0. The maximum Gasteiger partial charge on any atom is 0.0707 e. The van der Waals surface area contributed by atoms with Gasteiger partial charge in [-0.2, -0.15) is 0 Å². The molecule has 0 aliphatic heterocycles. The summed E-state index contributed by atoms with van der Waals surface area (Å²) in [5.41, 5.74) is 5.97. The Morgan fingerprint density at radius 3 is 2.45 bits per heavy atom. The van der Waals surface area contributed by atoms with E-state index in [1.807, 2.05) is 18.3 Å². The van der Waals surface area contributed by atoms with E-state index in [-0.39, 0.29) is 0 Å². The van der Waals surface area contributed by atoms with E-state index >= 15 is 0 Å². The number of aromatic nitrogens is 1. The third kappa shape index (κ3) is 2.86. The number of para-hydroxylation sites is 1. The van der Waals surface area contributed by atoms with Gasteiger partial charge in [0.2, 0.25) is 0 Å². The van der Waals surface area contributed by atoms with Crippen molar-refractivity contribution >= 4 is 28.7 Å². The Morgan fingerprint density at radius 2 is 1.68 bits per heavy atom. The quantitative estimate of drug-likeness (QED) is 0.689. The average molecular weight is 288 g/mol. The highest BCUT2D eigenvalue weighted by Crippen LogP contribution is 2.22. The second-order valence-electron chi connectivity index (χ2n) is 5.69. The monoisotopic (exact) mass is 288 g/mol. The van der Waals surface area contributed by atoms with Gasteiger partial charge < -0.3 is 4.90 Å². The summed E-state index contributed by atoms with van der Waals surface area (Å²) in [7, 11) is 4.13. The van der Waals surface area contributed by atoms with E-state index in [2.05, 4.69) is 79.5 Å². The predicted molar refractivity (Wildman–Crippen MR) is 96.2 cm³/mol. The van der Waals surface area contributed by atoms with Crippen molar-refractivity contribution in [3.05, 3.63) is 71.4 Å². The van der Waals surface area contributed by atoms with Crippen LogP contribution in [-0.2, 0) is 0 Å². The minimum atomic E-state index is 1.03. The van der Waals surface area contributed by atoms with Crippen molar-refractivity contribution in [3.8, 4) is 0 Å². The summed E-state index contributed by atoms with van der Waals surface area (Å²) in [4.78, 5) is 6.53. The maximum atomic E-state index is 4.41. The molecule has 0 saturated heterocycles. The standard InChI is InChI=1S/C20H20N2/c1-15-14-18(22(2)3)11-10-16(15)8-9-17-12-13-21-20-7-5-4-6-19(17)20/h4-14H,1-3H3/b9-8+. The molecule has 110 valence electrons. The first-order chi connectivity index (χ1) is 10.6. The normalized spacial score (nSPS) is 11.2. The molecule has 2 heteroatoms. The Hall–Kier alpha value is -2.61. The molecule has 22 heavy (non-hydrogen) atoms. The molecule has 0 spiro atoms. The van der Waals surface area contributed by atoms with Crippen LogP contribution in [-0.4, -0.2) is 19.1 Å². The van der Waals surface area contributed by atoms with Crippen molar-refractivity contribution in [1.29, 1.82) is 0 Å². The molecule has 0 amide bonds. The van der Waals surface area contributed by atoms with E-state index in [4.69, 9.17) is 0 Å². The van der Waals surface area contributed by atoms with Gasteiger partial charge in [0.25, 0.3) is 0 Å². The SMILES string of the molecule is Cc1cc(N(C)C)ccc1/C=C/c1ccnc2ccccc12. The smallest absolute Gasteiger partial charge is 0.0707 e. The average Bonchev–Trinajstić information content (AvgIpc) is 2.53. The fourth-order valence-corrected chi connectivity index (χ4v) is 2.57. The van der Waals surface area contributed by atoms with Gasteiger partial charge in [-0.3, -0.25) is 4.98 Å². The van der Waals surface area contributed by atoms with Gasteiger partial charge >= 0.3 is 0 Å². The molecule has 2 aromatic carbocycles. The van der Waals surface area contributed by atoms with Crippen molar-refractivity contribution in [1.82, 2.24) is 4.98 Å². The predicted octanol–water partition coefficient (Wildman–Crippen LogP) is 4.78. The number of fused-ring (bicyclic) bond motifs is 1. The van der Waals surface area contributed by atoms with Gasteiger partial charge in [0, 0.05) is 31.4 Å². The molecule has 0 fully saturated rings. The van der Waals surface area contributed by atoms with Crippen LogP contribution in [0.25, 0.3) is 23.1 Å². The summed E-state index contributed by atoms with van der Waals surface area (Å²) >= 11 is 0.